The Labute approximate surface area is 117 Å². The average Bonchev–Trinajstić information content (AvgIpc) is 2.45. The van der Waals surface area contributed by atoms with E-state index in [2.05, 4.69) is 4.74 Å². The van der Waals surface area contributed by atoms with Gasteiger partial charge in [0.05, 0.1) is 7.11 Å². The number of hydrogen-bond donors (Lipinski definition) is 1. The number of aryl methyl sites for hydroxylation is 1. The van der Waals surface area contributed by atoms with Crippen LogP contribution in [0.3, 0.4) is 0 Å². The fourth-order valence-corrected chi connectivity index (χ4v) is 1.89. The molecule has 0 saturated carbocycles. The van der Waals surface area contributed by atoms with Crippen molar-refractivity contribution in [2.45, 2.75) is 13.5 Å². The van der Waals surface area contributed by atoms with E-state index in [0.717, 1.165) is 11.1 Å². The van der Waals surface area contributed by atoms with E-state index >= 15 is 0 Å². The molecule has 0 saturated heterocycles. The van der Waals surface area contributed by atoms with Gasteiger partial charge in [0.1, 0.15) is 23.7 Å². The number of methoxy groups -OCH3 is 1. The normalized spacial score (nSPS) is 10.1. The summed E-state index contributed by atoms with van der Waals surface area (Å²) in [5.74, 6) is -0.441. The molecule has 0 unspecified atom stereocenters. The van der Waals surface area contributed by atoms with Crippen LogP contribution in [0.25, 0.3) is 0 Å². The number of phenolic OH excluding ortho intramolecular Hbond substituents is 1. The first kappa shape index (κ1) is 13.9. The Hall–Kier alpha value is -2.49. The van der Waals surface area contributed by atoms with Crippen LogP contribution in [-0.4, -0.2) is 18.2 Å². The highest BCUT2D eigenvalue weighted by Gasteiger charge is 2.19. The van der Waals surface area contributed by atoms with Gasteiger partial charge >= 0.3 is 5.97 Å². The molecule has 0 spiro atoms. The Morgan fingerprint density at radius 1 is 1.20 bits per heavy atom. The molecule has 0 aromatic heterocycles. The summed E-state index contributed by atoms with van der Waals surface area (Å²) in [7, 11) is 1.27. The van der Waals surface area contributed by atoms with Gasteiger partial charge in [-0.3, -0.25) is 0 Å². The van der Waals surface area contributed by atoms with Gasteiger partial charge in [0.2, 0.25) is 0 Å². The maximum absolute atomic E-state index is 11.7. The van der Waals surface area contributed by atoms with Gasteiger partial charge < -0.3 is 14.6 Å². The van der Waals surface area contributed by atoms with Crippen molar-refractivity contribution in [1.82, 2.24) is 0 Å². The molecule has 4 heteroatoms. The zero-order chi connectivity index (χ0) is 14.5. The lowest BCUT2D eigenvalue weighted by molar-refractivity contribution is 0.0592. The van der Waals surface area contributed by atoms with E-state index in [0.29, 0.717) is 12.4 Å². The van der Waals surface area contributed by atoms with Crippen molar-refractivity contribution in [3.05, 3.63) is 59.2 Å². The van der Waals surface area contributed by atoms with Crippen LogP contribution in [0.2, 0.25) is 0 Å². The van der Waals surface area contributed by atoms with Crippen LogP contribution in [0.1, 0.15) is 21.5 Å². The molecule has 0 radical (unpaired) electrons. The number of ether oxygens (including phenoxy) is 2. The van der Waals surface area contributed by atoms with Gasteiger partial charge in [0, 0.05) is 0 Å². The number of hydrogen-bond acceptors (Lipinski definition) is 4. The predicted molar refractivity (Wildman–Crippen MR) is 75.0 cm³/mol. The fourth-order valence-electron chi connectivity index (χ4n) is 1.89. The van der Waals surface area contributed by atoms with Gasteiger partial charge in [-0.2, -0.15) is 0 Å². The Bertz CT molecular complexity index is 605. The van der Waals surface area contributed by atoms with Crippen molar-refractivity contribution >= 4 is 5.97 Å². The molecule has 0 aliphatic carbocycles. The van der Waals surface area contributed by atoms with Crippen LogP contribution in [0.15, 0.2) is 42.5 Å². The Balaban J connectivity index is 2.28. The molecule has 2 rings (SSSR count). The summed E-state index contributed by atoms with van der Waals surface area (Å²) in [4.78, 5) is 11.7. The number of carbonyl (C=O) groups excluding carboxylic acids is 1. The van der Waals surface area contributed by atoms with Crippen LogP contribution < -0.4 is 4.74 Å². The number of carbonyl (C=O) groups is 1. The van der Waals surface area contributed by atoms with Crippen LogP contribution in [0.4, 0.5) is 0 Å². The third-order valence-corrected chi connectivity index (χ3v) is 2.85. The molecule has 0 aliphatic rings. The summed E-state index contributed by atoms with van der Waals surface area (Å²) in [5.41, 5.74) is 1.83. The Kier molecular flexibility index (Phi) is 4.25. The lowest BCUT2D eigenvalue weighted by Crippen LogP contribution is -2.06. The largest absolute Gasteiger partial charge is 0.507 e. The van der Waals surface area contributed by atoms with Crippen molar-refractivity contribution in [2.24, 2.45) is 0 Å². The van der Waals surface area contributed by atoms with E-state index in [1.54, 1.807) is 6.07 Å². The van der Waals surface area contributed by atoms with Crippen molar-refractivity contribution in [3.63, 3.8) is 0 Å². The minimum Gasteiger partial charge on any atom is -0.507 e. The van der Waals surface area contributed by atoms with Gasteiger partial charge in [-0.25, -0.2) is 4.79 Å². The van der Waals surface area contributed by atoms with E-state index in [1.165, 1.54) is 13.2 Å². The number of esters is 1. The predicted octanol–water partition coefficient (Wildman–Crippen LogP) is 3.07. The second-order valence-electron chi connectivity index (χ2n) is 4.42. The van der Waals surface area contributed by atoms with E-state index < -0.39 is 5.97 Å². The molecule has 1 N–H and O–H groups in total. The van der Waals surface area contributed by atoms with E-state index in [-0.39, 0.29) is 11.3 Å². The second-order valence-corrected chi connectivity index (χ2v) is 4.42. The van der Waals surface area contributed by atoms with Crippen molar-refractivity contribution in [1.29, 1.82) is 0 Å². The molecule has 2 aromatic carbocycles. The summed E-state index contributed by atoms with van der Waals surface area (Å²) < 4.78 is 10.3. The summed E-state index contributed by atoms with van der Waals surface area (Å²) in [6, 6.07) is 12.8. The second kappa shape index (κ2) is 6.10. The van der Waals surface area contributed by atoms with Gasteiger partial charge in [-0.1, -0.05) is 30.3 Å². The molecule has 104 valence electrons. The third kappa shape index (κ3) is 3.09. The number of aromatic hydroxyl groups is 1. The number of phenols is 1. The minimum atomic E-state index is -0.620. The van der Waals surface area contributed by atoms with Crippen LogP contribution in [0, 0.1) is 6.92 Å². The summed E-state index contributed by atoms with van der Waals surface area (Å²) in [6.45, 7) is 2.13. The van der Waals surface area contributed by atoms with Crippen molar-refractivity contribution in [3.8, 4) is 11.5 Å². The molecular weight excluding hydrogens is 256 g/mol. The standard InChI is InChI=1S/C16H16O4/c1-11-8-13(17)15(16(18)19-2)14(9-11)20-10-12-6-4-3-5-7-12/h3-9,17H,10H2,1-2H3. The maximum atomic E-state index is 11.7. The van der Waals surface area contributed by atoms with Gasteiger partial charge in [0.15, 0.2) is 0 Å². The first-order valence-electron chi connectivity index (χ1n) is 6.20. The summed E-state index contributed by atoms with van der Waals surface area (Å²) in [6.07, 6.45) is 0. The van der Waals surface area contributed by atoms with Crippen LogP contribution in [-0.2, 0) is 11.3 Å². The maximum Gasteiger partial charge on any atom is 0.345 e. The Morgan fingerprint density at radius 2 is 1.90 bits per heavy atom. The van der Waals surface area contributed by atoms with Gasteiger partial charge in [-0.05, 0) is 30.2 Å². The van der Waals surface area contributed by atoms with Crippen LogP contribution in [0.5, 0.6) is 11.5 Å². The van der Waals surface area contributed by atoms with E-state index in [9.17, 15) is 9.90 Å². The molecule has 0 atom stereocenters. The first-order chi connectivity index (χ1) is 9.61. The highest BCUT2D eigenvalue weighted by molar-refractivity contribution is 5.95. The quantitative estimate of drug-likeness (QED) is 0.869. The average molecular weight is 272 g/mol. The monoisotopic (exact) mass is 272 g/mol. The first-order valence-corrected chi connectivity index (χ1v) is 6.20. The summed E-state index contributed by atoms with van der Waals surface area (Å²) >= 11 is 0. The minimum absolute atomic E-state index is 0.0500. The zero-order valence-corrected chi connectivity index (χ0v) is 11.4. The lowest BCUT2D eigenvalue weighted by atomic mass is 10.1. The van der Waals surface area contributed by atoms with Crippen molar-refractivity contribution in [2.75, 3.05) is 7.11 Å². The SMILES string of the molecule is COC(=O)c1c(O)cc(C)cc1OCc1ccccc1. The molecule has 20 heavy (non-hydrogen) atoms. The Morgan fingerprint density at radius 3 is 2.55 bits per heavy atom. The van der Waals surface area contributed by atoms with Crippen LogP contribution >= 0.6 is 0 Å². The van der Waals surface area contributed by atoms with Crippen molar-refractivity contribution < 1.29 is 19.4 Å². The molecule has 0 heterocycles. The molecule has 2 aromatic rings. The molecular formula is C16H16O4. The number of rotatable bonds is 4. The third-order valence-electron chi connectivity index (χ3n) is 2.85. The zero-order valence-electron chi connectivity index (χ0n) is 11.4. The molecule has 4 nitrogen and oxygen atoms in total. The lowest BCUT2D eigenvalue weighted by Gasteiger charge is -2.12. The summed E-state index contributed by atoms with van der Waals surface area (Å²) in [5, 5.41) is 9.89. The highest BCUT2D eigenvalue weighted by atomic mass is 16.5. The molecule has 0 bridgehead atoms. The van der Waals surface area contributed by atoms with E-state index in [1.807, 2.05) is 37.3 Å². The van der Waals surface area contributed by atoms with E-state index in [4.69, 9.17) is 4.74 Å². The topological polar surface area (TPSA) is 55.8 Å². The molecule has 0 amide bonds. The fraction of sp³-hybridized carbons (Fsp3) is 0.188. The molecule has 0 fully saturated rings. The van der Waals surface area contributed by atoms with Gasteiger partial charge in [-0.15, -0.1) is 0 Å². The molecule has 0 aliphatic heterocycles. The smallest absolute Gasteiger partial charge is 0.345 e. The van der Waals surface area contributed by atoms with Gasteiger partial charge in [0.25, 0.3) is 0 Å². The number of benzene rings is 2. The highest BCUT2D eigenvalue weighted by Crippen LogP contribution is 2.30.